The summed E-state index contributed by atoms with van der Waals surface area (Å²) in [6, 6.07) is 0. The van der Waals surface area contributed by atoms with Crippen molar-refractivity contribution in [2.24, 2.45) is 23.7 Å². The minimum atomic E-state index is -1.68. The number of methoxy groups -OCH3 is 1. The number of allylic oxidation sites excluding steroid dienone is 4. The van der Waals surface area contributed by atoms with E-state index in [2.05, 4.69) is 32.9 Å². The van der Waals surface area contributed by atoms with Gasteiger partial charge in [-0.25, -0.2) is 0 Å². The Hall–Kier alpha value is -2.34. The van der Waals surface area contributed by atoms with E-state index < -0.39 is 59.9 Å². The summed E-state index contributed by atoms with van der Waals surface area (Å²) in [5, 5.41) is 24.5. The number of aliphatic hydroxyl groups is 2. The molecule has 2 bridgehead atoms. The van der Waals surface area contributed by atoms with Crippen molar-refractivity contribution in [3.05, 3.63) is 47.1 Å². The molecule has 2 N–H and O–H groups in total. The number of esters is 2. The van der Waals surface area contributed by atoms with E-state index >= 15 is 0 Å². The standard InChI is InChI=1S/C40H60O10/c1-9-11-14-25(5)37(42)48-34-27(7)32(10-2)50-39(35(34)41)21-30-20-29(49-39)17-16-24(4)18-23(3)13-12-15-28-22-46-36-33(45-8)26(6)19-31(38(43)47-30)40(28,36)44/h12-13,15-16,19,23,25,27,29-36,41,44H,9-11,14,17-18,20-22H2,1-8H3. The van der Waals surface area contributed by atoms with Gasteiger partial charge in [-0.3, -0.25) is 9.59 Å². The molecule has 3 fully saturated rings. The van der Waals surface area contributed by atoms with Crippen molar-refractivity contribution in [1.82, 2.24) is 0 Å². The van der Waals surface area contributed by atoms with E-state index in [9.17, 15) is 19.8 Å². The third kappa shape index (κ3) is 7.71. The summed E-state index contributed by atoms with van der Waals surface area (Å²) in [4.78, 5) is 27.6. The molecular weight excluding hydrogens is 640 g/mol. The van der Waals surface area contributed by atoms with Crippen LogP contribution in [0.25, 0.3) is 0 Å². The van der Waals surface area contributed by atoms with Crippen molar-refractivity contribution in [1.29, 1.82) is 0 Å². The van der Waals surface area contributed by atoms with Crippen molar-refractivity contribution >= 4 is 11.9 Å². The molecule has 0 saturated carbocycles. The monoisotopic (exact) mass is 700 g/mol. The molecule has 0 amide bonds. The van der Waals surface area contributed by atoms with E-state index in [1.807, 2.05) is 39.8 Å². The normalized spacial score (nSPS) is 41.4. The van der Waals surface area contributed by atoms with E-state index in [4.69, 9.17) is 28.4 Å². The fourth-order valence-electron chi connectivity index (χ4n) is 8.61. The van der Waals surface area contributed by atoms with Crippen molar-refractivity contribution in [2.45, 2.75) is 154 Å². The van der Waals surface area contributed by atoms with Gasteiger partial charge in [-0.05, 0) is 56.6 Å². The van der Waals surface area contributed by atoms with Gasteiger partial charge in [0.15, 0.2) is 0 Å². The lowest BCUT2D eigenvalue weighted by atomic mass is 9.70. The van der Waals surface area contributed by atoms with Gasteiger partial charge in [-0.1, -0.05) is 83.4 Å². The first-order chi connectivity index (χ1) is 23.8. The van der Waals surface area contributed by atoms with Crippen LogP contribution in [0.1, 0.15) is 99.8 Å². The van der Waals surface area contributed by atoms with Gasteiger partial charge >= 0.3 is 11.9 Å². The Labute approximate surface area is 298 Å². The third-order valence-corrected chi connectivity index (χ3v) is 11.6. The van der Waals surface area contributed by atoms with Crippen molar-refractivity contribution < 1.29 is 48.2 Å². The number of carbonyl (C=O) groups excluding carboxylic acids is 2. The Kier molecular flexibility index (Phi) is 12.5. The average Bonchev–Trinajstić information content (AvgIpc) is 3.41. The predicted octanol–water partition coefficient (Wildman–Crippen LogP) is 5.90. The fraction of sp³-hybridized carbons (Fsp3) is 0.750. The summed E-state index contributed by atoms with van der Waals surface area (Å²) in [6.07, 6.45) is 9.61. The highest BCUT2D eigenvalue weighted by atomic mass is 16.7. The molecule has 13 unspecified atom stereocenters. The molecule has 0 aromatic heterocycles. The van der Waals surface area contributed by atoms with Gasteiger partial charge < -0.3 is 38.6 Å². The molecule has 4 heterocycles. The van der Waals surface area contributed by atoms with Gasteiger partial charge in [0.25, 0.3) is 0 Å². The lowest BCUT2D eigenvalue weighted by molar-refractivity contribution is -0.385. The number of unbranched alkanes of at least 4 members (excludes halogenated alkanes) is 1. The van der Waals surface area contributed by atoms with Crippen LogP contribution in [0, 0.1) is 23.7 Å². The highest BCUT2D eigenvalue weighted by Gasteiger charge is 2.62. The van der Waals surface area contributed by atoms with Crippen LogP contribution in [0.5, 0.6) is 0 Å². The third-order valence-electron chi connectivity index (χ3n) is 11.6. The average molecular weight is 701 g/mol. The molecule has 50 heavy (non-hydrogen) atoms. The zero-order chi connectivity index (χ0) is 36.4. The van der Waals surface area contributed by atoms with Crippen LogP contribution in [-0.2, 0) is 38.0 Å². The minimum Gasteiger partial charge on any atom is -0.462 e. The van der Waals surface area contributed by atoms with Gasteiger partial charge in [0, 0.05) is 25.9 Å². The zero-order valence-electron chi connectivity index (χ0n) is 31.3. The van der Waals surface area contributed by atoms with Gasteiger partial charge in [-0.2, -0.15) is 0 Å². The van der Waals surface area contributed by atoms with Gasteiger partial charge in [0.1, 0.15) is 42.0 Å². The van der Waals surface area contributed by atoms with Crippen LogP contribution in [-0.4, -0.2) is 90.0 Å². The van der Waals surface area contributed by atoms with E-state index in [-0.39, 0.29) is 42.9 Å². The molecule has 5 rings (SSSR count). The summed E-state index contributed by atoms with van der Waals surface area (Å²) in [5.41, 5.74) is 0.852. The summed E-state index contributed by atoms with van der Waals surface area (Å²) >= 11 is 0. The molecule has 280 valence electrons. The number of aliphatic hydroxyl groups excluding tert-OH is 1. The summed E-state index contributed by atoms with van der Waals surface area (Å²) in [5.74, 6) is -3.97. The second-order valence-corrected chi connectivity index (χ2v) is 15.5. The lowest BCUT2D eigenvalue weighted by Crippen LogP contribution is -2.67. The smallest absolute Gasteiger partial charge is 0.316 e. The van der Waals surface area contributed by atoms with Gasteiger partial charge in [0.05, 0.1) is 24.7 Å². The van der Waals surface area contributed by atoms with Crippen LogP contribution >= 0.6 is 0 Å². The molecule has 13 atom stereocenters. The maximum absolute atomic E-state index is 14.3. The number of rotatable bonds is 7. The van der Waals surface area contributed by atoms with E-state index in [1.54, 1.807) is 13.2 Å². The minimum absolute atomic E-state index is 0.0404. The SMILES string of the molecule is CCCCC(C)C(=O)OC1C(C)C(CC)OC2(CC3CC(CC=C(C)CC(C)C=CC=C4COC5C(OC)C(C)=CC(C(=O)O3)C45O)O2)C1O. The number of ether oxygens (including phenoxy) is 6. The quantitative estimate of drug-likeness (QED) is 0.245. The van der Waals surface area contributed by atoms with E-state index in [0.717, 1.165) is 24.8 Å². The number of hydrogen-bond donors (Lipinski definition) is 2. The molecule has 10 nitrogen and oxygen atoms in total. The molecule has 5 aliphatic rings. The number of hydrogen-bond acceptors (Lipinski definition) is 10. The number of carbonyl (C=O) groups is 2. The van der Waals surface area contributed by atoms with Crippen LogP contribution in [0.3, 0.4) is 0 Å². The fourth-order valence-corrected chi connectivity index (χ4v) is 8.61. The second-order valence-electron chi connectivity index (χ2n) is 15.5. The molecule has 4 aliphatic heterocycles. The summed E-state index contributed by atoms with van der Waals surface area (Å²) < 4.78 is 37.7. The van der Waals surface area contributed by atoms with Crippen LogP contribution in [0.4, 0.5) is 0 Å². The van der Waals surface area contributed by atoms with E-state index in [1.165, 1.54) is 5.57 Å². The maximum Gasteiger partial charge on any atom is 0.316 e. The van der Waals surface area contributed by atoms with Gasteiger partial charge in [-0.15, -0.1) is 0 Å². The summed E-state index contributed by atoms with van der Waals surface area (Å²) in [7, 11) is 1.57. The Morgan fingerprint density at radius 3 is 2.62 bits per heavy atom. The summed E-state index contributed by atoms with van der Waals surface area (Å²) in [6.45, 7) is 14.1. The molecule has 0 aromatic rings. The maximum atomic E-state index is 14.3. The largest absolute Gasteiger partial charge is 0.462 e. The molecule has 1 spiro atoms. The molecule has 0 aromatic carbocycles. The van der Waals surface area contributed by atoms with Crippen molar-refractivity contribution in [2.75, 3.05) is 13.7 Å². The molecule has 1 aliphatic carbocycles. The Morgan fingerprint density at radius 1 is 1.16 bits per heavy atom. The lowest BCUT2D eigenvalue weighted by Gasteiger charge is -2.54. The second kappa shape index (κ2) is 16.1. The van der Waals surface area contributed by atoms with Crippen LogP contribution in [0.15, 0.2) is 47.1 Å². The Morgan fingerprint density at radius 2 is 1.92 bits per heavy atom. The molecule has 3 saturated heterocycles. The molecule has 0 radical (unpaired) electrons. The predicted molar refractivity (Wildman–Crippen MR) is 188 cm³/mol. The topological polar surface area (TPSA) is 130 Å². The molecular formula is C40H60O10. The first kappa shape index (κ1) is 38.9. The zero-order valence-corrected chi connectivity index (χ0v) is 31.3. The number of fused-ring (bicyclic) bond motifs is 2. The molecule has 10 heteroatoms. The Bertz CT molecular complexity index is 1350. The van der Waals surface area contributed by atoms with Crippen LogP contribution in [0.2, 0.25) is 0 Å². The Balaban J connectivity index is 1.52. The highest BCUT2D eigenvalue weighted by Crippen LogP contribution is 2.48. The van der Waals surface area contributed by atoms with Crippen molar-refractivity contribution in [3.8, 4) is 0 Å². The highest BCUT2D eigenvalue weighted by molar-refractivity contribution is 5.78. The van der Waals surface area contributed by atoms with Crippen molar-refractivity contribution in [3.63, 3.8) is 0 Å². The van der Waals surface area contributed by atoms with Crippen LogP contribution < -0.4 is 0 Å². The van der Waals surface area contributed by atoms with E-state index in [0.29, 0.717) is 31.3 Å². The first-order valence-corrected chi connectivity index (χ1v) is 18.8. The van der Waals surface area contributed by atoms with Gasteiger partial charge in [0.2, 0.25) is 5.79 Å². The first-order valence-electron chi connectivity index (χ1n) is 18.8.